The zero-order chi connectivity index (χ0) is 15.4. The fourth-order valence-corrected chi connectivity index (χ4v) is 3.50. The molecule has 0 bridgehead atoms. The van der Waals surface area contributed by atoms with Gasteiger partial charge in [0.05, 0.1) is 12.8 Å². The Hall–Kier alpha value is -1.60. The largest absolute Gasteiger partial charge is 0.497 e. The zero-order valence-corrected chi connectivity index (χ0v) is 13.8. The molecule has 0 spiro atoms. The molecule has 118 valence electrons. The van der Waals surface area contributed by atoms with Crippen LogP contribution < -0.4 is 10.1 Å². The van der Waals surface area contributed by atoms with Crippen molar-refractivity contribution in [2.75, 3.05) is 20.2 Å². The van der Waals surface area contributed by atoms with Gasteiger partial charge in [0, 0.05) is 37.5 Å². The van der Waals surface area contributed by atoms with Crippen molar-refractivity contribution >= 4 is 11.8 Å². The first-order valence-electron chi connectivity index (χ1n) is 7.49. The van der Waals surface area contributed by atoms with Crippen LogP contribution in [0.25, 0.3) is 0 Å². The van der Waals surface area contributed by atoms with E-state index >= 15 is 0 Å². The third-order valence-corrected chi connectivity index (χ3v) is 4.96. The van der Waals surface area contributed by atoms with Gasteiger partial charge >= 0.3 is 0 Å². The fourth-order valence-electron chi connectivity index (χ4n) is 2.68. The summed E-state index contributed by atoms with van der Waals surface area (Å²) in [7, 11) is 3.71. The third kappa shape index (κ3) is 3.41. The topological polar surface area (TPSA) is 64.9 Å². The lowest BCUT2D eigenvalue weighted by Crippen LogP contribution is -2.29. The Morgan fingerprint density at radius 3 is 3.14 bits per heavy atom. The monoisotopic (exact) mass is 319 g/mol. The minimum atomic E-state index is 0.468. The number of piperidine rings is 1. The molecule has 22 heavy (non-hydrogen) atoms. The lowest BCUT2D eigenvalue weighted by Gasteiger charge is -2.21. The van der Waals surface area contributed by atoms with Gasteiger partial charge < -0.3 is 14.6 Å². The van der Waals surface area contributed by atoms with Crippen LogP contribution in [0.5, 0.6) is 5.75 Å². The van der Waals surface area contributed by atoms with E-state index in [2.05, 4.69) is 25.1 Å². The Balaban J connectivity index is 1.66. The molecule has 6 nitrogen and oxygen atoms in total. The van der Waals surface area contributed by atoms with E-state index in [1.807, 2.05) is 19.2 Å². The molecule has 1 aliphatic rings. The highest BCUT2D eigenvalue weighted by Gasteiger charge is 2.21. The van der Waals surface area contributed by atoms with E-state index in [4.69, 9.17) is 4.74 Å². The molecule has 1 fully saturated rings. The maximum absolute atomic E-state index is 5.22. The average molecular weight is 319 g/mol. The van der Waals surface area contributed by atoms with Crippen LogP contribution in [0.4, 0.5) is 0 Å². The van der Waals surface area contributed by atoms with E-state index < -0.39 is 0 Å². The fraction of sp³-hybridized carbons (Fsp3) is 0.533. The quantitative estimate of drug-likeness (QED) is 0.850. The van der Waals surface area contributed by atoms with Gasteiger partial charge in [0.1, 0.15) is 11.6 Å². The molecule has 0 amide bonds. The lowest BCUT2D eigenvalue weighted by molar-refractivity contribution is 0.413. The molecule has 0 aromatic carbocycles. The van der Waals surface area contributed by atoms with Crippen LogP contribution in [-0.4, -0.2) is 39.9 Å². The van der Waals surface area contributed by atoms with Crippen LogP contribution in [0.1, 0.15) is 30.3 Å². The molecule has 0 radical (unpaired) electrons. The summed E-state index contributed by atoms with van der Waals surface area (Å²) < 4.78 is 7.34. The first-order chi connectivity index (χ1) is 10.8. The van der Waals surface area contributed by atoms with Crippen LogP contribution >= 0.6 is 11.8 Å². The van der Waals surface area contributed by atoms with Gasteiger partial charge in [0.25, 0.3) is 0 Å². The first kappa shape index (κ1) is 15.3. The predicted molar refractivity (Wildman–Crippen MR) is 86.2 cm³/mol. The molecular weight excluding hydrogens is 298 g/mol. The second-order valence-corrected chi connectivity index (χ2v) is 6.36. The highest BCUT2D eigenvalue weighted by Crippen LogP contribution is 2.26. The molecule has 1 aliphatic heterocycles. The predicted octanol–water partition coefficient (Wildman–Crippen LogP) is 1.98. The molecule has 2 aromatic heterocycles. The third-order valence-electron chi connectivity index (χ3n) is 3.90. The molecule has 2 aromatic rings. The Kier molecular flexibility index (Phi) is 4.94. The van der Waals surface area contributed by atoms with Gasteiger partial charge in [-0.15, -0.1) is 10.2 Å². The number of ether oxygens (including phenoxy) is 1. The van der Waals surface area contributed by atoms with Crippen LogP contribution in [0.2, 0.25) is 0 Å². The number of nitrogens with zero attached hydrogens (tertiary/aromatic N) is 4. The number of methoxy groups -OCH3 is 1. The molecule has 0 unspecified atom stereocenters. The number of hydrogen-bond acceptors (Lipinski definition) is 6. The number of hydrogen-bond donors (Lipinski definition) is 1. The van der Waals surface area contributed by atoms with Gasteiger partial charge in [-0.2, -0.15) is 0 Å². The Labute approximate surface area is 134 Å². The van der Waals surface area contributed by atoms with E-state index in [9.17, 15) is 0 Å². The molecule has 1 N–H and O–H groups in total. The lowest BCUT2D eigenvalue weighted by atomic mass is 9.99. The number of aromatic nitrogens is 4. The average Bonchev–Trinajstić information content (AvgIpc) is 2.95. The van der Waals surface area contributed by atoms with Crippen LogP contribution in [0.15, 0.2) is 23.5 Å². The number of nitrogens with one attached hydrogen (secondary N) is 1. The van der Waals surface area contributed by atoms with Crippen LogP contribution in [-0.2, 0) is 12.8 Å². The number of pyridine rings is 1. The summed E-state index contributed by atoms with van der Waals surface area (Å²) in [5.74, 6) is 3.13. The van der Waals surface area contributed by atoms with E-state index in [0.717, 1.165) is 41.3 Å². The van der Waals surface area contributed by atoms with E-state index in [1.54, 1.807) is 25.1 Å². The van der Waals surface area contributed by atoms with Crippen molar-refractivity contribution in [3.8, 4) is 5.75 Å². The molecule has 3 rings (SSSR count). The summed E-state index contributed by atoms with van der Waals surface area (Å²) in [5.41, 5.74) is 0.980. The van der Waals surface area contributed by atoms with Gasteiger partial charge in [0.2, 0.25) is 0 Å². The molecule has 3 heterocycles. The van der Waals surface area contributed by atoms with Gasteiger partial charge in [-0.25, -0.2) is 0 Å². The Morgan fingerprint density at radius 1 is 1.45 bits per heavy atom. The second-order valence-electron chi connectivity index (χ2n) is 5.42. The Morgan fingerprint density at radius 2 is 2.36 bits per heavy atom. The van der Waals surface area contributed by atoms with Gasteiger partial charge in [-0.05, 0) is 25.5 Å². The minimum absolute atomic E-state index is 0.468. The van der Waals surface area contributed by atoms with Crippen LogP contribution in [0.3, 0.4) is 0 Å². The summed E-state index contributed by atoms with van der Waals surface area (Å²) in [6, 6.07) is 3.81. The van der Waals surface area contributed by atoms with E-state index in [1.165, 1.54) is 12.8 Å². The maximum atomic E-state index is 5.22. The molecule has 1 atom stereocenters. The number of thioether (sulfide) groups is 1. The maximum Gasteiger partial charge on any atom is 0.191 e. The SMILES string of the molecule is COc1ccnc(CSc2nnc([C@H]3CCCNC3)n2C)c1. The van der Waals surface area contributed by atoms with E-state index in [-0.39, 0.29) is 0 Å². The summed E-state index contributed by atoms with van der Waals surface area (Å²) in [4.78, 5) is 4.36. The molecular formula is C15H21N5OS. The molecule has 0 saturated carbocycles. The van der Waals surface area contributed by atoms with Crippen molar-refractivity contribution in [2.24, 2.45) is 7.05 Å². The second kappa shape index (κ2) is 7.11. The van der Waals surface area contributed by atoms with Crippen molar-refractivity contribution in [2.45, 2.75) is 29.7 Å². The van der Waals surface area contributed by atoms with E-state index in [0.29, 0.717) is 5.92 Å². The smallest absolute Gasteiger partial charge is 0.191 e. The molecule has 0 aliphatic carbocycles. The summed E-state index contributed by atoms with van der Waals surface area (Å²) in [6.07, 6.45) is 4.15. The summed E-state index contributed by atoms with van der Waals surface area (Å²) >= 11 is 1.66. The van der Waals surface area contributed by atoms with Gasteiger partial charge in [0.15, 0.2) is 5.16 Å². The first-order valence-corrected chi connectivity index (χ1v) is 8.48. The Bertz CT molecular complexity index is 624. The van der Waals surface area contributed by atoms with Crippen LogP contribution in [0, 0.1) is 0 Å². The highest BCUT2D eigenvalue weighted by atomic mass is 32.2. The van der Waals surface area contributed by atoms with Crippen molar-refractivity contribution in [1.82, 2.24) is 25.1 Å². The van der Waals surface area contributed by atoms with Crippen molar-refractivity contribution < 1.29 is 4.74 Å². The zero-order valence-electron chi connectivity index (χ0n) is 13.0. The molecule has 7 heteroatoms. The van der Waals surface area contributed by atoms with Gasteiger partial charge in [-0.3, -0.25) is 4.98 Å². The van der Waals surface area contributed by atoms with Gasteiger partial charge in [-0.1, -0.05) is 11.8 Å². The number of rotatable bonds is 5. The molecule has 1 saturated heterocycles. The summed E-state index contributed by atoms with van der Waals surface area (Å²) in [5, 5.41) is 13.1. The standard InChI is InChI=1S/C15H21N5OS/c1-20-14(11-4-3-6-16-9-11)18-19-15(20)22-10-12-8-13(21-2)5-7-17-12/h5,7-8,11,16H,3-4,6,9-10H2,1-2H3/t11-/m0/s1. The summed E-state index contributed by atoms with van der Waals surface area (Å²) in [6.45, 7) is 2.10. The van der Waals surface area contributed by atoms with Crippen molar-refractivity contribution in [3.05, 3.63) is 29.8 Å². The van der Waals surface area contributed by atoms with Crippen molar-refractivity contribution in [3.63, 3.8) is 0 Å². The van der Waals surface area contributed by atoms with Crippen molar-refractivity contribution in [1.29, 1.82) is 0 Å². The highest BCUT2D eigenvalue weighted by molar-refractivity contribution is 7.98. The normalized spacial score (nSPS) is 18.4. The minimum Gasteiger partial charge on any atom is -0.497 e.